The molecule has 1 heterocycles. The summed E-state index contributed by atoms with van der Waals surface area (Å²) < 4.78 is 26.5. The first kappa shape index (κ1) is 14.7. The predicted octanol–water partition coefficient (Wildman–Crippen LogP) is 3.21. The fourth-order valence-corrected chi connectivity index (χ4v) is 2.65. The summed E-state index contributed by atoms with van der Waals surface area (Å²) in [5.41, 5.74) is 2.87. The zero-order valence-corrected chi connectivity index (χ0v) is 12.2. The van der Waals surface area contributed by atoms with Gasteiger partial charge in [0.2, 0.25) is 0 Å². The summed E-state index contributed by atoms with van der Waals surface area (Å²) in [6, 6.07) is 8.62. The number of nitrogens with one attached hydrogen (secondary N) is 1. The summed E-state index contributed by atoms with van der Waals surface area (Å²) in [6.07, 6.45) is 0.979. The Kier molecular flexibility index (Phi) is 3.90. The maximum absolute atomic E-state index is 13.6. The molecule has 0 aromatic heterocycles. The molecule has 0 saturated heterocycles. The molecule has 0 atom stereocenters. The number of hydrogen-bond donors (Lipinski definition) is 1. The first-order valence-corrected chi connectivity index (χ1v) is 7.09. The third-order valence-corrected chi connectivity index (χ3v) is 3.84. The number of hydrogen-bond acceptors (Lipinski definition) is 2. The van der Waals surface area contributed by atoms with Gasteiger partial charge in [-0.2, -0.15) is 0 Å². The molecule has 0 saturated carbocycles. The van der Waals surface area contributed by atoms with Gasteiger partial charge in [-0.25, -0.2) is 8.78 Å². The van der Waals surface area contributed by atoms with Crippen LogP contribution < -0.4 is 5.32 Å². The van der Waals surface area contributed by atoms with E-state index in [2.05, 4.69) is 10.2 Å². The summed E-state index contributed by atoms with van der Waals surface area (Å²) in [5, 5.41) is 2.66. The first-order valence-electron chi connectivity index (χ1n) is 7.09. The molecule has 114 valence electrons. The second-order valence-corrected chi connectivity index (χ2v) is 5.55. The molecule has 1 amide bonds. The van der Waals surface area contributed by atoms with Crippen molar-refractivity contribution < 1.29 is 13.6 Å². The Hall–Kier alpha value is -2.27. The van der Waals surface area contributed by atoms with Crippen molar-refractivity contribution in [2.24, 2.45) is 0 Å². The maximum Gasteiger partial charge on any atom is 0.258 e. The van der Waals surface area contributed by atoms with Crippen molar-refractivity contribution in [3.05, 3.63) is 64.7 Å². The van der Waals surface area contributed by atoms with E-state index >= 15 is 0 Å². The van der Waals surface area contributed by atoms with E-state index in [1.54, 1.807) is 0 Å². The molecule has 5 heteroatoms. The highest BCUT2D eigenvalue weighted by Crippen LogP contribution is 2.22. The van der Waals surface area contributed by atoms with Crippen molar-refractivity contribution in [2.45, 2.75) is 13.0 Å². The van der Waals surface area contributed by atoms with Gasteiger partial charge in [0.05, 0.1) is 5.56 Å². The van der Waals surface area contributed by atoms with Crippen LogP contribution in [-0.2, 0) is 13.0 Å². The minimum atomic E-state index is -0.866. The lowest BCUT2D eigenvalue weighted by Crippen LogP contribution is -2.26. The number of amides is 1. The summed E-state index contributed by atoms with van der Waals surface area (Å²) in [4.78, 5) is 14.3. The minimum absolute atomic E-state index is 0.170. The van der Waals surface area contributed by atoms with Crippen molar-refractivity contribution in [2.75, 3.05) is 18.9 Å². The number of nitrogens with zero attached hydrogens (tertiary/aromatic N) is 1. The van der Waals surface area contributed by atoms with Crippen LogP contribution in [-0.4, -0.2) is 24.4 Å². The summed E-state index contributed by atoms with van der Waals surface area (Å²) >= 11 is 0. The molecule has 1 aliphatic heterocycles. The molecule has 0 fully saturated rings. The van der Waals surface area contributed by atoms with E-state index in [9.17, 15) is 13.6 Å². The lowest BCUT2D eigenvalue weighted by molar-refractivity contribution is 0.102. The van der Waals surface area contributed by atoms with E-state index in [0.29, 0.717) is 11.8 Å². The predicted molar refractivity (Wildman–Crippen MR) is 80.8 cm³/mol. The van der Waals surface area contributed by atoms with Gasteiger partial charge in [-0.3, -0.25) is 4.79 Å². The molecule has 1 aliphatic rings. The minimum Gasteiger partial charge on any atom is -0.322 e. The van der Waals surface area contributed by atoms with Gasteiger partial charge in [0.25, 0.3) is 5.91 Å². The molecule has 0 bridgehead atoms. The van der Waals surface area contributed by atoms with Gasteiger partial charge in [0.1, 0.15) is 11.6 Å². The smallest absolute Gasteiger partial charge is 0.258 e. The Balaban J connectivity index is 1.81. The highest BCUT2D eigenvalue weighted by Gasteiger charge is 2.16. The number of anilines is 1. The van der Waals surface area contributed by atoms with Crippen molar-refractivity contribution in [3.63, 3.8) is 0 Å². The van der Waals surface area contributed by atoms with Crippen molar-refractivity contribution in [3.8, 4) is 0 Å². The van der Waals surface area contributed by atoms with Gasteiger partial charge in [-0.1, -0.05) is 6.07 Å². The second-order valence-electron chi connectivity index (χ2n) is 5.55. The van der Waals surface area contributed by atoms with E-state index < -0.39 is 17.5 Å². The zero-order chi connectivity index (χ0) is 15.7. The Bertz CT molecular complexity index is 731. The largest absolute Gasteiger partial charge is 0.322 e. The van der Waals surface area contributed by atoms with E-state index in [1.807, 2.05) is 25.2 Å². The van der Waals surface area contributed by atoms with Gasteiger partial charge < -0.3 is 10.2 Å². The van der Waals surface area contributed by atoms with Crippen molar-refractivity contribution in [1.82, 2.24) is 4.90 Å². The van der Waals surface area contributed by atoms with Crippen molar-refractivity contribution in [1.29, 1.82) is 0 Å². The molecule has 22 heavy (non-hydrogen) atoms. The van der Waals surface area contributed by atoms with E-state index in [4.69, 9.17) is 0 Å². The van der Waals surface area contributed by atoms with Gasteiger partial charge in [0.15, 0.2) is 0 Å². The van der Waals surface area contributed by atoms with Crippen LogP contribution in [0.3, 0.4) is 0 Å². The van der Waals surface area contributed by atoms with Crippen LogP contribution in [0, 0.1) is 11.6 Å². The molecule has 0 spiro atoms. The number of halogens is 2. The van der Waals surface area contributed by atoms with Crippen LogP contribution in [0.4, 0.5) is 14.5 Å². The molecule has 3 rings (SSSR count). The summed E-state index contributed by atoms with van der Waals surface area (Å²) in [7, 11) is 2.04. The van der Waals surface area contributed by atoms with Gasteiger partial charge in [-0.15, -0.1) is 0 Å². The molecule has 1 N–H and O–H groups in total. The van der Waals surface area contributed by atoms with Gasteiger partial charge >= 0.3 is 0 Å². The standard InChI is InChI=1S/C17H16F2N2O/c1-21-7-6-11-2-4-14(8-12(11)10-21)20-17(22)15-5-3-13(18)9-16(15)19/h2-5,8-9H,6-7,10H2,1H3,(H,20,22). The fourth-order valence-electron chi connectivity index (χ4n) is 2.65. The number of carbonyl (C=O) groups is 1. The van der Waals surface area contributed by atoms with Crippen LogP contribution >= 0.6 is 0 Å². The first-order chi connectivity index (χ1) is 10.5. The lowest BCUT2D eigenvalue weighted by atomic mass is 9.99. The maximum atomic E-state index is 13.6. The quantitative estimate of drug-likeness (QED) is 0.924. The topological polar surface area (TPSA) is 32.3 Å². The zero-order valence-electron chi connectivity index (χ0n) is 12.2. The lowest BCUT2D eigenvalue weighted by Gasteiger charge is -2.25. The summed E-state index contributed by atoms with van der Waals surface area (Å²) in [6.45, 7) is 1.84. The molecule has 2 aromatic rings. The third-order valence-electron chi connectivity index (χ3n) is 3.84. The molecular formula is C17H16F2N2O. The Morgan fingerprint density at radius 2 is 1.95 bits per heavy atom. The van der Waals surface area contributed by atoms with Crippen molar-refractivity contribution >= 4 is 11.6 Å². The van der Waals surface area contributed by atoms with E-state index in [-0.39, 0.29) is 5.56 Å². The molecule has 0 aliphatic carbocycles. The third kappa shape index (κ3) is 2.99. The van der Waals surface area contributed by atoms with Gasteiger partial charge in [-0.05, 0) is 48.9 Å². The van der Waals surface area contributed by atoms with Crippen LogP contribution in [0.2, 0.25) is 0 Å². The van der Waals surface area contributed by atoms with Crippen LogP contribution in [0.15, 0.2) is 36.4 Å². The monoisotopic (exact) mass is 302 g/mol. The number of benzene rings is 2. The highest BCUT2D eigenvalue weighted by atomic mass is 19.1. The Morgan fingerprint density at radius 3 is 2.73 bits per heavy atom. The average Bonchev–Trinajstić information content (AvgIpc) is 2.46. The Morgan fingerprint density at radius 1 is 1.14 bits per heavy atom. The molecule has 0 unspecified atom stereocenters. The van der Waals surface area contributed by atoms with Crippen LogP contribution in [0.5, 0.6) is 0 Å². The van der Waals surface area contributed by atoms with E-state index in [1.165, 1.54) is 5.56 Å². The molecule has 3 nitrogen and oxygen atoms in total. The number of rotatable bonds is 2. The number of likely N-dealkylation sites (N-methyl/N-ethyl adjacent to an activating group) is 1. The summed E-state index contributed by atoms with van der Waals surface area (Å²) in [5.74, 6) is -2.15. The average molecular weight is 302 g/mol. The normalized spacial score (nSPS) is 14.5. The molecule has 0 radical (unpaired) electrons. The molecular weight excluding hydrogens is 286 g/mol. The fraction of sp³-hybridized carbons (Fsp3) is 0.235. The van der Waals surface area contributed by atoms with E-state index in [0.717, 1.165) is 37.2 Å². The van der Waals surface area contributed by atoms with Gasteiger partial charge in [0, 0.05) is 24.8 Å². The number of fused-ring (bicyclic) bond motifs is 1. The van der Waals surface area contributed by atoms with Crippen LogP contribution in [0.1, 0.15) is 21.5 Å². The van der Waals surface area contributed by atoms with Crippen LogP contribution in [0.25, 0.3) is 0 Å². The molecule has 2 aromatic carbocycles. The number of carbonyl (C=O) groups excluding carboxylic acids is 1. The highest BCUT2D eigenvalue weighted by molar-refractivity contribution is 6.04. The second kappa shape index (κ2) is 5.85. The SMILES string of the molecule is CN1CCc2ccc(NC(=O)c3ccc(F)cc3F)cc2C1. The Labute approximate surface area is 127 Å².